The summed E-state index contributed by atoms with van der Waals surface area (Å²) in [6.07, 6.45) is -2.21. The normalized spacial score (nSPS) is 19.9. The average molecular weight is 424 g/mol. The lowest BCUT2D eigenvalue weighted by Gasteiger charge is -2.30. The number of hydrogen-bond acceptors (Lipinski definition) is 4. The molecule has 1 aromatic heterocycles. The van der Waals surface area contributed by atoms with Crippen molar-refractivity contribution in [2.24, 2.45) is 0 Å². The smallest absolute Gasteiger partial charge is 0.415 e. The molecule has 1 aliphatic heterocycles. The Labute approximate surface area is 171 Å². The van der Waals surface area contributed by atoms with Crippen LogP contribution in [0.4, 0.5) is 13.2 Å². The Morgan fingerprint density at radius 1 is 1.30 bits per heavy atom. The fraction of sp³-hybridized carbons (Fsp3) is 0.429. The summed E-state index contributed by atoms with van der Waals surface area (Å²) in [5.74, 6) is -0.576. The molecular weight excluding hydrogens is 401 g/mol. The molecule has 2 atom stereocenters. The summed E-state index contributed by atoms with van der Waals surface area (Å²) in [5, 5.41) is 4.92. The van der Waals surface area contributed by atoms with Crippen LogP contribution in [0.25, 0.3) is 0 Å². The van der Waals surface area contributed by atoms with E-state index in [1.165, 1.54) is 12.1 Å². The molecule has 2 heterocycles. The predicted octanol–water partition coefficient (Wildman–Crippen LogP) is 3.68. The number of methoxy groups -OCH3 is 1. The van der Waals surface area contributed by atoms with E-state index in [1.807, 2.05) is 17.4 Å². The van der Waals surface area contributed by atoms with Crippen LogP contribution in [-0.2, 0) is 16.0 Å². The van der Waals surface area contributed by atoms with Crippen LogP contribution in [0.2, 0.25) is 0 Å². The number of alkyl halides is 3. The van der Waals surface area contributed by atoms with Crippen molar-refractivity contribution in [1.82, 2.24) is 10.6 Å². The average Bonchev–Trinajstić information content (AvgIpc) is 3.35. The second-order valence-electron chi connectivity index (χ2n) is 7.41. The number of carbonyl (C=O) groups excluding carboxylic acids is 2. The van der Waals surface area contributed by atoms with E-state index in [1.54, 1.807) is 19.2 Å². The van der Waals surface area contributed by atoms with Crippen molar-refractivity contribution in [3.05, 3.63) is 54.0 Å². The Bertz CT molecular complexity index is 865. The van der Waals surface area contributed by atoms with Gasteiger partial charge in [-0.15, -0.1) is 0 Å². The highest BCUT2D eigenvalue weighted by atomic mass is 19.4. The minimum atomic E-state index is -4.68. The third-order valence-electron chi connectivity index (χ3n) is 5.23. The monoisotopic (exact) mass is 424 g/mol. The van der Waals surface area contributed by atoms with Crippen molar-refractivity contribution < 1.29 is 31.9 Å². The van der Waals surface area contributed by atoms with Crippen LogP contribution in [0.3, 0.4) is 0 Å². The maximum Gasteiger partial charge on any atom is 0.415 e. The first kappa shape index (κ1) is 21.7. The van der Waals surface area contributed by atoms with Crippen LogP contribution in [0, 0.1) is 0 Å². The van der Waals surface area contributed by atoms with Gasteiger partial charge in [-0.05, 0) is 49.1 Å². The van der Waals surface area contributed by atoms with Gasteiger partial charge in [-0.3, -0.25) is 9.59 Å². The van der Waals surface area contributed by atoms with E-state index in [2.05, 4.69) is 5.32 Å². The van der Waals surface area contributed by atoms with Gasteiger partial charge in [0.05, 0.1) is 13.4 Å². The van der Waals surface area contributed by atoms with Crippen LogP contribution in [0.5, 0.6) is 5.75 Å². The third kappa shape index (κ3) is 5.34. The Hall–Kier alpha value is -2.97. The van der Waals surface area contributed by atoms with E-state index >= 15 is 0 Å². The summed E-state index contributed by atoms with van der Waals surface area (Å²) in [6.45, 7) is 0. The molecule has 0 bridgehead atoms. The highest BCUT2D eigenvalue weighted by Gasteiger charge is 2.44. The Morgan fingerprint density at radius 3 is 2.57 bits per heavy atom. The molecule has 3 rings (SSSR count). The zero-order valence-corrected chi connectivity index (χ0v) is 16.4. The summed E-state index contributed by atoms with van der Waals surface area (Å²) in [7, 11) is 1.56. The van der Waals surface area contributed by atoms with E-state index < -0.39 is 23.7 Å². The molecule has 2 aromatic rings. The van der Waals surface area contributed by atoms with Gasteiger partial charge in [0.1, 0.15) is 11.5 Å². The summed E-state index contributed by atoms with van der Waals surface area (Å²) in [6, 6.07) is 7.60. The second-order valence-corrected chi connectivity index (χ2v) is 7.41. The summed E-state index contributed by atoms with van der Waals surface area (Å²) in [5.41, 5.74) is 0.253. The van der Waals surface area contributed by atoms with Gasteiger partial charge in [0.15, 0.2) is 6.04 Å². The molecule has 1 fully saturated rings. The first-order chi connectivity index (χ1) is 14.2. The fourth-order valence-corrected chi connectivity index (χ4v) is 3.67. The van der Waals surface area contributed by atoms with Crippen molar-refractivity contribution >= 4 is 11.8 Å². The minimum absolute atomic E-state index is 0.132. The van der Waals surface area contributed by atoms with Gasteiger partial charge in [0.25, 0.3) is 0 Å². The summed E-state index contributed by atoms with van der Waals surface area (Å²) < 4.78 is 49.9. The molecule has 9 heteroatoms. The Balaban J connectivity index is 1.66. The van der Waals surface area contributed by atoms with Gasteiger partial charge >= 0.3 is 6.18 Å². The quantitative estimate of drug-likeness (QED) is 0.678. The van der Waals surface area contributed by atoms with Crippen LogP contribution in [0.15, 0.2) is 47.1 Å². The van der Waals surface area contributed by atoms with Crippen molar-refractivity contribution in [3.8, 4) is 5.75 Å². The van der Waals surface area contributed by atoms with E-state index in [0.29, 0.717) is 25.0 Å². The zero-order chi connectivity index (χ0) is 21.8. The molecule has 1 aromatic carbocycles. The number of furan rings is 1. The molecule has 6 nitrogen and oxygen atoms in total. The third-order valence-corrected chi connectivity index (χ3v) is 5.23. The maximum atomic E-state index is 13.3. The number of amides is 2. The van der Waals surface area contributed by atoms with Crippen LogP contribution in [-0.4, -0.2) is 30.6 Å². The molecular formula is C21H23F3N2O4. The number of ether oxygens (including phenoxy) is 1. The lowest BCUT2D eigenvalue weighted by molar-refractivity contribution is -0.166. The largest absolute Gasteiger partial charge is 0.497 e. The standard InChI is InChI=1S/C21H23F3N2O4/c1-29-15-6-4-14(5-7-15)13-20(11-9-18(28)26-20)10-8-17(27)25-19(21(22,23)24)16-3-2-12-30-16/h2-7,12,19H,8-11,13H2,1H3,(H,25,27)(H,26,28)/t19-,20+/m0/s1. The number of halogens is 3. The molecule has 0 saturated carbocycles. The van der Waals surface area contributed by atoms with E-state index in [9.17, 15) is 22.8 Å². The molecule has 0 aliphatic carbocycles. The molecule has 2 N–H and O–H groups in total. The van der Waals surface area contributed by atoms with Gasteiger partial charge in [0, 0.05) is 18.4 Å². The first-order valence-electron chi connectivity index (χ1n) is 9.54. The van der Waals surface area contributed by atoms with Crippen molar-refractivity contribution in [1.29, 1.82) is 0 Å². The van der Waals surface area contributed by atoms with E-state index in [-0.39, 0.29) is 24.5 Å². The minimum Gasteiger partial charge on any atom is -0.497 e. The lowest BCUT2D eigenvalue weighted by atomic mass is 9.85. The number of rotatable bonds is 8. The summed E-state index contributed by atoms with van der Waals surface area (Å²) >= 11 is 0. The van der Waals surface area contributed by atoms with Crippen LogP contribution >= 0.6 is 0 Å². The molecule has 0 spiro atoms. The predicted molar refractivity (Wildman–Crippen MR) is 102 cm³/mol. The number of hydrogen-bond donors (Lipinski definition) is 2. The molecule has 0 radical (unpaired) electrons. The highest BCUT2D eigenvalue weighted by Crippen LogP contribution is 2.34. The number of benzene rings is 1. The molecule has 1 saturated heterocycles. The van der Waals surface area contributed by atoms with Crippen molar-refractivity contribution in [2.75, 3.05) is 7.11 Å². The zero-order valence-electron chi connectivity index (χ0n) is 16.4. The molecule has 0 unspecified atom stereocenters. The Morgan fingerprint density at radius 2 is 2.03 bits per heavy atom. The topological polar surface area (TPSA) is 80.6 Å². The van der Waals surface area contributed by atoms with Gasteiger partial charge in [-0.2, -0.15) is 13.2 Å². The van der Waals surface area contributed by atoms with Gasteiger partial charge in [0.2, 0.25) is 11.8 Å². The summed E-state index contributed by atoms with van der Waals surface area (Å²) in [4.78, 5) is 24.2. The van der Waals surface area contributed by atoms with Crippen molar-refractivity contribution in [2.45, 2.75) is 49.9 Å². The molecule has 1 aliphatic rings. The fourth-order valence-electron chi connectivity index (χ4n) is 3.67. The SMILES string of the molecule is COc1ccc(C[C@@]2(CCC(=O)N[C@@H](c3ccco3)C(F)(F)F)CCC(=O)N2)cc1. The molecule has 30 heavy (non-hydrogen) atoms. The number of nitrogens with one attached hydrogen (secondary N) is 2. The first-order valence-corrected chi connectivity index (χ1v) is 9.54. The van der Waals surface area contributed by atoms with Crippen molar-refractivity contribution in [3.63, 3.8) is 0 Å². The molecule has 2 amide bonds. The van der Waals surface area contributed by atoms with Gasteiger partial charge in [-0.25, -0.2) is 0 Å². The lowest BCUT2D eigenvalue weighted by Crippen LogP contribution is -2.45. The van der Waals surface area contributed by atoms with E-state index in [0.717, 1.165) is 11.8 Å². The van der Waals surface area contributed by atoms with Gasteiger partial charge < -0.3 is 19.8 Å². The highest BCUT2D eigenvalue weighted by molar-refractivity contribution is 5.80. The molecule has 162 valence electrons. The maximum absolute atomic E-state index is 13.3. The Kier molecular flexibility index (Phi) is 6.38. The van der Waals surface area contributed by atoms with Gasteiger partial charge in [-0.1, -0.05) is 12.1 Å². The number of carbonyl (C=O) groups is 2. The second kappa shape index (κ2) is 8.81. The van der Waals surface area contributed by atoms with Crippen LogP contribution < -0.4 is 15.4 Å². The van der Waals surface area contributed by atoms with Crippen LogP contribution in [0.1, 0.15) is 43.0 Å². The van der Waals surface area contributed by atoms with E-state index in [4.69, 9.17) is 9.15 Å².